The van der Waals surface area contributed by atoms with Crippen LogP contribution in [0.4, 0.5) is 5.69 Å². The van der Waals surface area contributed by atoms with Gasteiger partial charge in [-0.1, -0.05) is 22.4 Å². The van der Waals surface area contributed by atoms with E-state index in [2.05, 4.69) is 26.2 Å². The van der Waals surface area contributed by atoms with Gasteiger partial charge in [-0.25, -0.2) is 4.98 Å². The predicted octanol–water partition coefficient (Wildman–Crippen LogP) is 4.14. The van der Waals surface area contributed by atoms with Gasteiger partial charge in [0, 0.05) is 28.7 Å². The summed E-state index contributed by atoms with van der Waals surface area (Å²) in [5.41, 5.74) is 1.79. The monoisotopic (exact) mass is 411 g/mol. The molecule has 2 aromatic carbocycles. The molecule has 1 aliphatic rings. The molecule has 0 bridgehead atoms. The summed E-state index contributed by atoms with van der Waals surface area (Å²) in [5.74, 6) is 0.608. The van der Waals surface area contributed by atoms with Crippen molar-refractivity contribution in [1.82, 2.24) is 9.55 Å². The second kappa shape index (κ2) is 7.03. The van der Waals surface area contributed by atoms with Crippen molar-refractivity contribution < 1.29 is 4.79 Å². The predicted molar refractivity (Wildman–Crippen MR) is 106 cm³/mol. The normalized spacial score (nSPS) is 13.9. The Morgan fingerprint density at radius 1 is 1.08 bits per heavy atom. The number of fused-ring (bicyclic) bond motifs is 2. The zero-order valence-electron chi connectivity index (χ0n) is 14.2. The van der Waals surface area contributed by atoms with Gasteiger partial charge >= 0.3 is 0 Å². The van der Waals surface area contributed by atoms with Crippen LogP contribution in [-0.2, 0) is 13.0 Å². The lowest BCUT2D eigenvalue weighted by atomic mass is 10.1. The van der Waals surface area contributed by atoms with E-state index < -0.39 is 0 Å². The second-order valence-corrected chi connectivity index (χ2v) is 7.40. The number of hydrogen-bond acceptors (Lipinski definition) is 3. The van der Waals surface area contributed by atoms with Gasteiger partial charge in [-0.05, 0) is 55.3 Å². The first-order valence-corrected chi connectivity index (χ1v) is 9.51. The first kappa shape index (κ1) is 17.0. The van der Waals surface area contributed by atoms with E-state index in [9.17, 15) is 9.59 Å². The number of carbonyl (C=O) groups excluding carboxylic acids is 1. The molecular weight excluding hydrogens is 394 g/mol. The van der Waals surface area contributed by atoms with Gasteiger partial charge in [0.2, 0.25) is 0 Å². The number of nitrogens with zero attached hydrogens (tertiary/aromatic N) is 2. The van der Waals surface area contributed by atoms with E-state index in [1.165, 1.54) is 0 Å². The average Bonchev–Trinajstić information content (AvgIpc) is 2.89. The van der Waals surface area contributed by atoms with Crippen molar-refractivity contribution >= 4 is 38.4 Å². The van der Waals surface area contributed by atoms with Crippen molar-refractivity contribution in [2.75, 3.05) is 5.32 Å². The highest BCUT2D eigenvalue weighted by Gasteiger charge is 2.15. The largest absolute Gasteiger partial charge is 0.322 e. The third kappa shape index (κ3) is 3.29. The van der Waals surface area contributed by atoms with Crippen molar-refractivity contribution in [3.05, 3.63) is 68.7 Å². The molecule has 3 aromatic rings. The summed E-state index contributed by atoms with van der Waals surface area (Å²) < 4.78 is 2.74. The van der Waals surface area contributed by atoms with Gasteiger partial charge in [-0.3, -0.25) is 14.2 Å². The molecule has 132 valence electrons. The van der Waals surface area contributed by atoms with Crippen LogP contribution in [-0.4, -0.2) is 15.5 Å². The maximum Gasteiger partial charge on any atom is 0.261 e. The van der Waals surface area contributed by atoms with Crippen LogP contribution in [0.3, 0.4) is 0 Å². The minimum absolute atomic E-state index is 0.00762. The lowest BCUT2D eigenvalue weighted by molar-refractivity contribution is 0.102. The molecule has 1 amide bonds. The Labute approximate surface area is 159 Å². The molecule has 0 spiro atoms. The number of benzene rings is 2. The molecule has 5 nitrogen and oxygen atoms in total. The molecule has 0 atom stereocenters. The van der Waals surface area contributed by atoms with E-state index in [0.29, 0.717) is 22.2 Å². The number of rotatable bonds is 2. The molecule has 4 rings (SSSR count). The van der Waals surface area contributed by atoms with Crippen molar-refractivity contribution in [2.45, 2.75) is 32.2 Å². The number of carbonyl (C=O) groups is 1. The van der Waals surface area contributed by atoms with E-state index in [1.807, 2.05) is 24.3 Å². The van der Waals surface area contributed by atoms with Gasteiger partial charge in [-0.2, -0.15) is 0 Å². The fourth-order valence-corrected chi connectivity index (χ4v) is 3.56. The number of anilines is 1. The molecule has 0 saturated carbocycles. The lowest BCUT2D eigenvalue weighted by Gasteiger charge is -2.11. The van der Waals surface area contributed by atoms with Crippen LogP contribution in [0.2, 0.25) is 0 Å². The Hall–Kier alpha value is -2.47. The number of nitrogens with one attached hydrogen (secondary N) is 1. The van der Waals surface area contributed by atoms with E-state index in [-0.39, 0.29) is 11.5 Å². The van der Waals surface area contributed by atoms with Crippen LogP contribution >= 0.6 is 15.9 Å². The van der Waals surface area contributed by atoms with Gasteiger partial charge in [0.15, 0.2) is 0 Å². The van der Waals surface area contributed by atoms with Crippen LogP contribution in [0.15, 0.2) is 51.7 Å². The van der Waals surface area contributed by atoms with Gasteiger partial charge < -0.3 is 5.32 Å². The molecule has 0 aliphatic carbocycles. The Bertz CT molecular complexity index is 1040. The molecule has 26 heavy (non-hydrogen) atoms. The molecule has 0 unspecified atom stereocenters. The van der Waals surface area contributed by atoms with E-state index in [0.717, 1.165) is 42.5 Å². The van der Waals surface area contributed by atoms with Crippen LogP contribution < -0.4 is 10.9 Å². The van der Waals surface area contributed by atoms with Gasteiger partial charge in [0.1, 0.15) is 5.82 Å². The Balaban J connectivity index is 1.69. The molecule has 0 saturated heterocycles. The maximum atomic E-state index is 12.7. The van der Waals surface area contributed by atoms with Crippen LogP contribution in [0.1, 0.15) is 35.4 Å². The molecule has 0 fully saturated rings. The van der Waals surface area contributed by atoms with Crippen LogP contribution in [0, 0.1) is 0 Å². The molecule has 1 aromatic heterocycles. The third-order valence-electron chi connectivity index (χ3n) is 4.68. The molecule has 1 N–H and O–H groups in total. The fourth-order valence-electron chi connectivity index (χ4n) is 3.30. The van der Waals surface area contributed by atoms with E-state index >= 15 is 0 Å². The third-order valence-corrected chi connectivity index (χ3v) is 5.21. The number of aryl methyl sites for hydroxylation is 1. The van der Waals surface area contributed by atoms with Crippen molar-refractivity contribution in [3.8, 4) is 0 Å². The molecular formula is C20H18BrN3O2. The zero-order chi connectivity index (χ0) is 18.1. The Kier molecular flexibility index (Phi) is 4.59. The molecule has 6 heteroatoms. The summed E-state index contributed by atoms with van der Waals surface area (Å²) in [6.45, 7) is 0.725. The highest BCUT2D eigenvalue weighted by molar-refractivity contribution is 9.10. The highest BCUT2D eigenvalue weighted by atomic mass is 79.9. The van der Waals surface area contributed by atoms with Crippen LogP contribution in [0.25, 0.3) is 10.9 Å². The molecule has 1 aliphatic heterocycles. The molecule has 2 heterocycles. The number of halogens is 1. The van der Waals surface area contributed by atoms with Crippen LogP contribution in [0.5, 0.6) is 0 Å². The average molecular weight is 412 g/mol. The van der Waals surface area contributed by atoms with Crippen molar-refractivity contribution in [3.63, 3.8) is 0 Å². The summed E-state index contributed by atoms with van der Waals surface area (Å²) in [7, 11) is 0. The minimum Gasteiger partial charge on any atom is -0.322 e. The summed E-state index contributed by atoms with van der Waals surface area (Å²) in [6, 6.07) is 12.5. The number of aromatic nitrogens is 2. The smallest absolute Gasteiger partial charge is 0.261 e. The Morgan fingerprint density at radius 3 is 2.69 bits per heavy atom. The lowest BCUT2D eigenvalue weighted by Crippen LogP contribution is -2.24. The van der Waals surface area contributed by atoms with E-state index in [4.69, 9.17) is 0 Å². The first-order chi connectivity index (χ1) is 12.6. The summed E-state index contributed by atoms with van der Waals surface area (Å²) in [5, 5.41) is 3.43. The first-order valence-electron chi connectivity index (χ1n) is 8.72. The number of hydrogen-bond donors (Lipinski definition) is 1. The number of amides is 1. The topological polar surface area (TPSA) is 64.0 Å². The summed E-state index contributed by atoms with van der Waals surface area (Å²) >= 11 is 3.37. The van der Waals surface area contributed by atoms with Gasteiger partial charge in [-0.15, -0.1) is 0 Å². The van der Waals surface area contributed by atoms with Crippen molar-refractivity contribution in [1.29, 1.82) is 0 Å². The van der Waals surface area contributed by atoms with Gasteiger partial charge in [0.05, 0.1) is 10.9 Å². The standard InChI is InChI=1S/C20H18BrN3O2/c21-14-6-8-15(9-7-14)22-19(25)13-5-10-16-17(12-13)23-18-4-2-1-3-11-24(18)20(16)26/h5-10,12H,1-4,11H2,(H,22,25). The fraction of sp³-hybridized carbons (Fsp3) is 0.250. The van der Waals surface area contributed by atoms with Gasteiger partial charge in [0.25, 0.3) is 11.5 Å². The summed E-state index contributed by atoms with van der Waals surface area (Å²) in [4.78, 5) is 30.0. The summed E-state index contributed by atoms with van der Waals surface area (Å²) in [6.07, 6.45) is 3.97. The molecule has 0 radical (unpaired) electrons. The van der Waals surface area contributed by atoms with E-state index in [1.54, 1.807) is 22.8 Å². The maximum absolute atomic E-state index is 12.7. The van der Waals surface area contributed by atoms with Crippen molar-refractivity contribution in [2.24, 2.45) is 0 Å². The SMILES string of the molecule is O=C(Nc1ccc(Br)cc1)c1ccc2c(=O)n3c(nc2c1)CCCCC3. The quantitative estimate of drug-likeness (QED) is 0.688. The second-order valence-electron chi connectivity index (χ2n) is 6.49. The minimum atomic E-state index is -0.217. The zero-order valence-corrected chi connectivity index (χ0v) is 15.8. The Morgan fingerprint density at radius 2 is 1.88 bits per heavy atom. The highest BCUT2D eigenvalue weighted by Crippen LogP contribution is 2.18.